The summed E-state index contributed by atoms with van der Waals surface area (Å²) >= 11 is 0. The number of nitro groups is 1. The molecule has 0 saturated heterocycles. The number of hydrogen-bond donors (Lipinski definition) is 1. The normalized spacial score (nSPS) is 11.3. The SMILES string of the molecule is CCOP(=O)(Cc1ccc([N+](=O)[O-])cc1C(=O)O)OCC. The lowest BCUT2D eigenvalue weighted by molar-refractivity contribution is -0.384. The Morgan fingerprint density at radius 2 is 1.90 bits per heavy atom. The van der Waals surface area contributed by atoms with Gasteiger partial charge in [0.15, 0.2) is 0 Å². The molecule has 0 aromatic heterocycles. The number of non-ortho nitro benzene ring substituents is 1. The lowest BCUT2D eigenvalue weighted by Gasteiger charge is -2.17. The minimum atomic E-state index is -3.48. The highest BCUT2D eigenvalue weighted by Crippen LogP contribution is 2.51. The average Bonchev–Trinajstić information content (AvgIpc) is 2.38. The highest BCUT2D eigenvalue weighted by Gasteiger charge is 2.27. The number of aromatic carboxylic acids is 1. The van der Waals surface area contributed by atoms with Crippen LogP contribution in [0.4, 0.5) is 5.69 Å². The van der Waals surface area contributed by atoms with E-state index in [9.17, 15) is 19.5 Å². The monoisotopic (exact) mass is 317 g/mol. The van der Waals surface area contributed by atoms with E-state index in [4.69, 9.17) is 14.2 Å². The van der Waals surface area contributed by atoms with Gasteiger partial charge in [-0.15, -0.1) is 0 Å². The number of hydrogen-bond acceptors (Lipinski definition) is 6. The third kappa shape index (κ3) is 4.63. The van der Waals surface area contributed by atoms with Gasteiger partial charge in [-0.2, -0.15) is 0 Å². The molecule has 0 fully saturated rings. The van der Waals surface area contributed by atoms with Crippen LogP contribution in [-0.4, -0.2) is 29.2 Å². The molecule has 116 valence electrons. The van der Waals surface area contributed by atoms with Crippen molar-refractivity contribution in [2.75, 3.05) is 13.2 Å². The first-order valence-electron chi connectivity index (χ1n) is 6.21. The van der Waals surface area contributed by atoms with Gasteiger partial charge in [-0.1, -0.05) is 6.07 Å². The van der Waals surface area contributed by atoms with E-state index < -0.39 is 18.5 Å². The maximum atomic E-state index is 12.4. The van der Waals surface area contributed by atoms with Crippen LogP contribution in [0.3, 0.4) is 0 Å². The summed E-state index contributed by atoms with van der Waals surface area (Å²) in [5.74, 6) is -1.34. The molecular weight excluding hydrogens is 301 g/mol. The molecule has 0 saturated carbocycles. The quantitative estimate of drug-likeness (QED) is 0.445. The lowest BCUT2D eigenvalue weighted by atomic mass is 10.1. The van der Waals surface area contributed by atoms with Crippen molar-refractivity contribution in [2.45, 2.75) is 20.0 Å². The number of carboxylic acid groups (broad SMARTS) is 1. The van der Waals surface area contributed by atoms with E-state index in [2.05, 4.69) is 0 Å². The van der Waals surface area contributed by atoms with E-state index in [1.54, 1.807) is 13.8 Å². The third-order valence-electron chi connectivity index (χ3n) is 2.55. The highest BCUT2D eigenvalue weighted by atomic mass is 31.2. The van der Waals surface area contributed by atoms with Crippen LogP contribution in [0.25, 0.3) is 0 Å². The van der Waals surface area contributed by atoms with Gasteiger partial charge in [-0.05, 0) is 19.4 Å². The Kier molecular flexibility index (Phi) is 6.02. The smallest absolute Gasteiger partial charge is 0.336 e. The van der Waals surface area contributed by atoms with Gasteiger partial charge in [-0.3, -0.25) is 14.7 Å². The first-order valence-corrected chi connectivity index (χ1v) is 7.94. The van der Waals surface area contributed by atoms with Crippen LogP contribution in [0.5, 0.6) is 0 Å². The molecule has 21 heavy (non-hydrogen) atoms. The van der Waals surface area contributed by atoms with Crippen LogP contribution in [0, 0.1) is 10.1 Å². The predicted molar refractivity (Wildman–Crippen MR) is 74.6 cm³/mol. The predicted octanol–water partition coefficient (Wildman–Crippen LogP) is 3.06. The van der Waals surface area contributed by atoms with E-state index in [0.29, 0.717) is 0 Å². The number of benzene rings is 1. The van der Waals surface area contributed by atoms with Crippen molar-refractivity contribution in [2.24, 2.45) is 0 Å². The van der Waals surface area contributed by atoms with Crippen LogP contribution in [0.15, 0.2) is 18.2 Å². The largest absolute Gasteiger partial charge is 0.478 e. The Hall–Kier alpha value is -1.76. The second kappa shape index (κ2) is 7.31. The van der Waals surface area contributed by atoms with E-state index in [0.717, 1.165) is 12.1 Å². The fourth-order valence-electron chi connectivity index (χ4n) is 1.75. The molecule has 0 aliphatic heterocycles. The number of rotatable bonds is 8. The molecule has 0 radical (unpaired) electrons. The molecule has 1 aromatic rings. The van der Waals surface area contributed by atoms with Crippen molar-refractivity contribution in [3.8, 4) is 0 Å². The molecule has 0 spiro atoms. The van der Waals surface area contributed by atoms with Crippen LogP contribution in [-0.2, 0) is 19.8 Å². The standard InChI is InChI=1S/C12H16NO7P/c1-3-19-21(18,20-4-2)8-9-5-6-10(13(16)17)7-11(9)12(14)15/h5-7H,3-4,8H2,1-2H3,(H,14,15). The zero-order valence-corrected chi connectivity index (χ0v) is 12.5. The van der Waals surface area contributed by atoms with Gasteiger partial charge in [0, 0.05) is 12.1 Å². The number of nitrogens with zero attached hydrogens (tertiary/aromatic N) is 1. The van der Waals surface area contributed by atoms with Crippen molar-refractivity contribution >= 4 is 19.3 Å². The molecule has 0 unspecified atom stereocenters. The lowest BCUT2D eigenvalue weighted by Crippen LogP contribution is -2.06. The Balaban J connectivity index is 3.20. The summed E-state index contributed by atoms with van der Waals surface area (Å²) in [6.45, 7) is 3.57. The molecule has 1 rings (SSSR count). The minimum absolute atomic E-state index is 0.145. The van der Waals surface area contributed by atoms with Crippen molar-refractivity contribution in [1.29, 1.82) is 0 Å². The fourth-order valence-corrected chi connectivity index (χ4v) is 3.48. The summed E-state index contributed by atoms with van der Waals surface area (Å²) in [5.41, 5.74) is -0.471. The topological polar surface area (TPSA) is 116 Å². The number of carbonyl (C=O) groups is 1. The van der Waals surface area contributed by atoms with Gasteiger partial charge in [0.2, 0.25) is 0 Å². The first kappa shape index (κ1) is 17.3. The average molecular weight is 317 g/mol. The van der Waals surface area contributed by atoms with Gasteiger partial charge in [0.1, 0.15) is 0 Å². The molecule has 0 aliphatic rings. The van der Waals surface area contributed by atoms with Crippen molar-refractivity contribution in [3.05, 3.63) is 39.4 Å². The molecule has 1 N–H and O–H groups in total. The Bertz CT molecular complexity index is 577. The summed E-state index contributed by atoms with van der Waals surface area (Å²) < 4.78 is 22.6. The third-order valence-corrected chi connectivity index (χ3v) is 4.58. The Labute approximate surface area is 121 Å². The van der Waals surface area contributed by atoms with Gasteiger partial charge in [0.05, 0.1) is 29.9 Å². The summed E-state index contributed by atoms with van der Waals surface area (Å²) in [6, 6.07) is 3.34. The molecule has 9 heteroatoms. The zero-order chi connectivity index (χ0) is 16.0. The minimum Gasteiger partial charge on any atom is -0.478 e. The second-order valence-electron chi connectivity index (χ2n) is 4.01. The van der Waals surface area contributed by atoms with Crippen molar-refractivity contribution < 1.29 is 28.4 Å². The van der Waals surface area contributed by atoms with Gasteiger partial charge in [0.25, 0.3) is 5.69 Å². The maximum absolute atomic E-state index is 12.4. The second-order valence-corrected chi connectivity index (χ2v) is 6.06. The number of nitro benzene ring substituents is 1. The highest BCUT2D eigenvalue weighted by molar-refractivity contribution is 7.53. The van der Waals surface area contributed by atoms with Gasteiger partial charge >= 0.3 is 13.6 Å². The van der Waals surface area contributed by atoms with E-state index in [-0.39, 0.29) is 36.2 Å². The van der Waals surface area contributed by atoms with Crippen molar-refractivity contribution in [1.82, 2.24) is 0 Å². The van der Waals surface area contributed by atoms with Crippen LogP contribution in [0.1, 0.15) is 29.8 Å². The molecule has 0 heterocycles. The van der Waals surface area contributed by atoms with Crippen LogP contribution < -0.4 is 0 Å². The van der Waals surface area contributed by atoms with Crippen molar-refractivity contribution in [3.63, 3.8) is 0 Å². The van der Waals surface area contributed by atoms with E-state index >= 15 is 0 Å². The molecular formula is C12H16NO7P. The molecule has 1 aromatic carbocycles. The van der Waals surface area contributed by atoms with Gasteiger partial charge < -0.3 is 14.2 Å². The first-order chi connectivity index (χ1) is 9.83. The number of carboxylic acids is 1. The Morgan fingerprint density at radius 1 is 1.33 bits per heavy atom. The molecule has 0 atom stereocenters. The van der Waals surface area contributed by atoms with Crippen LogP contribution in [0.2, 0.25) is 0 Å². The van der Waals surface area contributed by atoms with Crippen LogP contribution >= 0.6 is 7.60 Å². The Morgan fingerprint density at radius 3 is 2.33 bits per heavy atom. The summed E-state index contributed by atoms with van der Waals surface area (Å²) in [6.07, 6.45) is -0.256. The molecule has 0 aliphatic carbocycles. The maximum Gasteiger partial charge on any atom is 0.336 e. The fraction of sp³-hybridized carbons (Fsp3) is 0.417. The zero-order valence-electron chi connectivity index (χ0n) is 11.6. The molecule has 0 bridgehead atoms. The molecule has 8 nitrogen and oxygen atoms in total. The molecule has 0 amide bonds. The summed E-state index contributed by atoms with van der Waals surface area (Å²) in [7, 11) is -3.48. The van der Waals surface area contributed by atoms with E-state index in [1.165, 1.54) is 6.07 Å². The van der Waals surface area contributed by atoms with E-state index in [1.807, 2.05) is 0 Å². The summed E-state index contributed by atoms with van der Waals surface area (Å²) in [5, 5.41) is 19.8. The van der Waals surface area contributed by atoms with Gasteiger partial charge in [-0.25, -0.2) is 4.79 Å². The summed E-state index contributed by atoms with van der Waals surface area (Å²) in [4.78, 5) is 21.2.